The third kappa shape index (κ3) is 61.6. The van der Waals surface area contributed by atoms with E-state index in [2.05, 4.69) is 93.7 Å². The standard InChI is InChI=1S/C69H122O6/c1-4-7-10-13-16-19-22-25-28-31-32-33-34-35-36-39-41-44-47-50-53-56-59-62-68(71)74-65-66(75-69(72)63-60-57-54-51-48-45-42-38-30-27-24-21-18-15-12-9-6-3)64-73-67(70)61-58-55-52-49-46-43-40-37-29-26-23-20-17-14-11-8-5-2/h8-9,11-12,17-18,20-21,26-27,29-30,66H,4-7,10,13-16,19,22-25,28,31-65H2,1-3H3/b11-8-,12-9-,20-17-,21-18-,29-26-,30-27-. The van der Waals surface area contributed by atoms with E-state index in [0.717, 1.165) is 109 Å². The SMILES string of the molecule is CC/C=C\C/C=C\C/C=C\CCCCCCCCCC(=O)OCC(COC(=O)CCCCCCCCCCCCCCCCCCCCCCCCC)OC(=O)CCCCCCCCC/C=C\C/C=C\C/C=C\CC. The number of hydrogen-bond acceptors (Lipinski definition) is 6. The van der Waals surface area contributed by atoms with Crippen LogP contribution in [0.3, 0.4) is 0 Å². The molecule has 0 aliphatic carbocycles. The Labute approximate surface area is 465 Å². The van der Waals surface area contributed by atoms with Gasteiger partial charge in [0.25, 0.3) is 0 Å². The lowest BCUT2D eigenvalue weighted by Gasteiger charge is -2.18. The van der Waals surface area contributed by atoms with E-state index in [1.165, 1.54) is 180 Å². The molecular formula is C69H122O6. The zero-order valence-electron chi connectivity index (χ0n) is 49.8. The minimum atomic E-state index is -0.785. The Morgan fingerprint density at radius 3 is 0.813 bits per heavy atom. The molecule has 0 bridgehead atoms. The molecule has 0 aliphatic rings. The molecule has 0 aromatic rings. The van der Waals surface area contributed by atoms with Crippen molar-refractivity contribution >= 4 is 17.9 Å². The fourth-order valence-electron chi connectivity index (χ4n) is 9.42. The zero-order valence-corrected chi connectivity index (χ0v) is 49.8. The first-order chi connectivity index (χ1) is 37.0. The molecule has 0 heterocycles. The van der Waals surface area contributed by atoms with Crippen LogP contribution in [-0.4, -0.2) is 37.2 Å². The quantitative estimate of drug-likeness (QED) is 0.0261. The van der Waals surface area contributed by atoms with Gasteiger partial charge in [0.05, 0.1) is 0 Å². The molecule has 434 valence electrons. The summed E-state index contributed by atoms with van der Waals surface area (Å²) in [5.74, 6) is -0.883. The molecule has 6 heteroatoms. The second-order valence-corrected chi connectivity index (χ2v) is 21.6. The number of rotatable bonds is 59. The van der Waals surface area contributed by atoms with Gasteiger partial charge in [-0.15, -0.1) is 0 Å². The van der Waals surface area contributed by atoms with Gasteiger partial charge in [-0.2, -0.15) is 0 Å². The van der Waals surface area contributed by atoms with Crippen molar-refractivity contribution in [2.24, 2.45) is 0 Å². The summed E-state index contributed by atoms with van der Waals surface area (Å²) in [5, 5.41) is 0. The Bertz CT molecular complexity index is 1390. The lowest BCUT2D eigenvalue weighted by Crippen LogP contribution is -2.30. The van der Waals surface area contributed by atoms with E-state index in [0.29, 0.717) is 19.3 Å². The molecule has 0 saturated heterocycles. The number of ether oxygens (including phenoxy) is 3. The zero-order chi connectivity index (χ0) is 54.3. The normalized spacial score (nSPS) is 12.5. The van der Waals surface area contributed by atoms with Crippen molar-refractivity contribution in [2.75, 3.05) is 13.2 Å². The maximum atomic E-state index is 12.9. The summed E-state index contributed by atoms with van der Waals surface area (Å²) in [6.07, 6.45) is 82.0. The Balaban J connectivity index is 4.33. The van der Waals surface area contributed by atoms with Gasteiger partial charge in [-0.05, 0) is 83.5 Å². The van der Waals surface area contributed by atoms with Gasteiger partial charge in [-0.25, -0.2) is 0 Å². The molecule has 0 aromatic heterocycles. The summed E-state index contributed by atoms with van der Waals surface area (Å²) in [5.41, 5.74) is 0. The van der Waals surface area contributed by atoms with E-state index in [1.807, 2.05) is 0 Å². The first kappa shape index (κ1) is 71.8. The second-order valence-electron chi connectivity index (χ2n) is 21.6. The van der Waals surface area contributed by atoms with Crippen molar-refractivity contribution in [1.29, 1.82) is 0 Å². The van der Waals surface area contributed by atoms with E-state index < -0.39 is 6.10 Å². The van der Waals surface area contributed by atoms with Crippen LogP contribution in [0, 0.1) is 0 Å². The predicted molar refractivity (Wildman–Crippen MR) is 325 cm³/mol. The monoisotopic (exact) mass is 1050 g/mol. The molecule has 0 rings (SSSR count). The number of allylic oxidation sites excluding steroid dienone is 12. The summed E-state index contributed by atoms with van der Waals surface area (Å²) >= 11 is 0. The fraction of sp³-hybridized carbons (Fsp3) is 0.783. The number of esters is 3. The molecule has 0 aromatic carbocycles. The van der Waals surface area contributed by atoms with E-state index in [-0.39, 0.29) is 31.1 Å². The molecule has 1 unspecified atom stereocenters. The molecule has 0 saturated carbocycles. The van der Waals surface area contributed by atoms with E-state index in [1.54, 1.807) is 0 Å². The van der Waals surface area contributed by atoms with Crippen LogP contribution >= 0.6 is 0 Å². The lowest BCUT2D eigenvalue weighted by molar-refractivity contribution is -0.167. The predicted octanol–water partition coefficient (Wildman–Crippen LogP) is 22.1. The fourth-order valence-corrected chi connectivity index (χ4v) is 9.42. The van der Waals surface area contributed by atoms with Crippen molar-refractivity contribution in [3.05, 3.63) is 72.9 Å². The van der Waals surface area contributed by atoms with Crippen LogP contribution in [0.15, 0.2) is 72.9 Å². The molecule has 6 nitrogen and oxygen atoms in total. The van der Waals surface area contributed by atoms with Gasteiger partial charge in [0, 0.05) is 19.3 Å². The molecule has 0 amide bonds. The Morgan fingerprint density at radius 1 is 0.280 bits per heavy atom. The van der Waals surface area contributed by atoms with E-state index >= 15 is 0 Å². The number of carbonyl (C=O) groups is 3. The van der Waals surface area contributed by atoms with Crippen LogP contribution in [0.25, 0.3) is 0 Å². The van der Waals surface area contributed by atoms with Crippen molar-refractivity contribution < 1.29 is 28.6 Å². The summed E-state index contributed by atoms with van der Waals surface area (Å²) in [7, 11) is 0. The van der Waals surface area contributed by atoms with Gasteiger partial charge < -0.3 is 14.2 Å². The van der Waals surface area contributed by atoms with Crippen LogP contribution in [0.1, 0.15) is 329 Å². The molecule has 75 heavy (non-hydrogen) atoms. The number of unbranched alkanes of at least 4 members (excludes halogenated alkanes) is 36. The summed E-state index contributed by atoms with van der Waals surface area (Å²) in [6, 6.07) is 0. The average molecular weight is 1050 g/mol. The van der Waals surface area contributed by atoms with Crippen molar-refractivity contribution in [3.8, 4) is 0 Å². The Kier molecular flexibility index (Phi) is 60.7. The van der Waals surface area contributed by atoms with Crippen molar-refractivity contribution in [1.82, 2.24) is 0 Å². The molecular weight excluding hydrogens is 925 g/mol. The van der Waals surface area contributed by atoms with Crippen molar-refractivity contribution in [3.63, 3.8) is 0 Å². The second kappa shape index (κ2) is 63.4. The van der Waals surface area contributed by atoms with E-state index in [9.17, 15) is 14.4 Å². The summed E-state index contributed by atoms with van der Waals surface area (Å²) < 4.78 is 16.9. The first-order valence-corrected chi connectivity index (χ1v) is 32.4. The van der Waals surface area contributed by atoms with Crippen LogP contribution in [0.2, 0.25) is 0 Å². The van der Waals surface area contributed by atoms with Crippen LogP contribution in [0.4, 0.5) is 0 Å². The topological polar surface area (TPSA) is 78.9 Å². The highest BCUT2D eigenvalue weighted by Gasteiger charge is 2.19. The highest BCUT2D eigenvalue weighted by Crippen LogP contribution is 2.17. The van der Waals surface area contributed by atoms with E-state index in [4.69, 9.17) is 14.2 Å². The third-order valence-electron chi connectivity index (χ3n) is 14.2. The number of hydrogen-bond donors (Lipinski definition) is 0. The molecule has 0 N–H and O–H groups in total. The smallest absolute Gasteiger partial charge is 0.306 e. The third-order valence-corrected chi connectivity index (χ3v) is 14.2. The maximum absolute atomic E-state index is 12.9. The van der Waals surface area contributed by atoms with Gasteiger partial charge in [0.2, 0.25) is 0 Å². The Morgan fingerprint density at radius 2 is 0.520 bits per heavy atom. The minimum absolute atomic E-state index is 0.0798. The maximum Gasteiger partial charge on any atom is 0.306 e. The van der Waals surface area contributed by atoms with Gasteiger partial charge in [-0.3, -0.25) is 14.4 Å². The van der Waals surface area contributed by atoms with Crippen LogP contribution in [0.5, 0.6) is 0 Å². The van der Waals surface area contributed by atoms with Gasteiger partial charge in [0.15, 0.2) is 6.10 Å². The molecule has 0 aliphatic heterocycles. The van der Waals surface area contributed by atoms with Gasteiger partial charge in [0.1, 0.15) is 13.2 Å². The molecule has 1 atom stereocenters. The first-order valence-electron chi connectivity index (χ1n) is 32.4. The molecule has 0 fully saturated rings. The van der Waals surface area contributed by atoms with Crippen LogP contribution in [-0.2, 0) is 28.6 Å². The van der Waals surface area contributed by atoms with Gasteiger partial charge >= 0.3 is 17.9 Å². The average Bonchev–Trinajstić information content (AvgIpc) is 3.41. The molecule has 0 spiro atoms. The molecule has 0 radical (unpaired) electrons. The summed E-state index contributed by atoms with van der Waals surface area (Å²) in [4.78, 5) is 38.3. The van der Waals surface area contributed by atoms with Gasteiger partial charge in [-0.1, -0.05) is 299 Å². The largest absolute Gasteiger partial charge is 0.462 e. The number of carbonyl (C=O) groups excluding carboxylic acids is 3. The van der Waals surface area contributed by atoms with Crippen molar-refractivity contribution in [2.45, 2.75) is 335 Å². The Hall–Kier alpha value is -3.15. The minimum Gasteiger partial charge on any atom is -0.462 e. The lowest BCUT2D eigenvalue weighted by atomic mass is 10.0. The van der Waals surface area contributed by atoms with Crippen LogP contribution < -0.4 is 0 Å². The summed E-state index contributed by atoms with van der Waals surface area (Å²) in [6.45, 7) is 6.45. The highest BCUT2D eigenvalue weighted by molar-refractivity contribution is 5.71. The highest BCUT2D eigenvalue weighted by atomic mass is 16.6.